The van der Waals surface area contributed by atoms with Gasteiger partial charge in [-0.2, -0.15) is 0 Å². The van der Waals surface area contributed by atoms with Crippen molar-refractivity contribution < 1.29 is 19.8 Å². The van der Waals surface area contributed by atoms with Crippen LogP contribution in [-0.4, -0.2) is 22.2 Å². The Hall–Kier alpha value is -1.84. The standard InChI is InChI=1S/C26H42O4/c1-3-5-7-9-10-11-12-13-14-15-17-21-19-20-23(25(27)28)24(26(29)30)22(21)18-16-8-6-4-2/h19-20H,3-18H2,1-2H3,(H,27,28)(H,29,30). The molecular weight excluding hydrogens is 376 g/mol. The van der Waals surface area contributed by atoms with Gasteiger partial charge in [0.2, 0.25) is 0 Å². The minimum Gasteiger partial charge on any atom is -0.478 e. The molecule has 0 aromatic heterocycles. The maximum atomic E-state index is 11.9. The van der Waals surface area contributed by atoms with Crippen LogP contribution in [0.4, 0.5) is 0 Å². The molecule has 0 saturated carbocycles. The van der Waals surface area contributed by atoms with Crippen molar-refractivity contribution >= 4 is 11.9 Å². The molecule has 0 aliphatic rings. The lowest BCUT2D eigenvalue weighted by Gasteiger charge is -2.15. The van der Waals surface area contributed by atoms with Crippen LogP contribution in [0.2, 0.25) is 0 Å². The molecule has 170 valence electrons. The Bertz CT molecular complexity index is 636. The summed E-state index contributed by atoms with van der Waals surface area (Å²) >= 11 is 0. The summed E-state index contributed by atoms with van der Waals surface area (Å²) in [5.41, 5.74) is 1.69. The minimum atomic E-state index is -1.16. The second kappa shape index (κ2) is 15.9. The maximum Gasteiger partial charge on any atom is 0.336 e. The smallest absolute Gasteiger partial charge is 0.336 e. The molecule has 0 aliphatic carbocycles. The third-order valence-electron chi connectivity index (χ3n) is 5.93. The van der Waals surface area contributed by atoms with Crippen molar-refractivity contribution in [1.29, 1.82) is 0 Å². The number of hydrogen-bond donors (Lipinski definition) is 2. The predicted octanol–water partition coefficient (Wildman–Crippen LogP) is 7.67. The van der Waals surface area contributed by atoms with Gasteiger partial charge in [-0.15, -0.1) is 0 Å². The van der Waals surface area contributed by atoms with E-state index in [1.165, 1.54) is 57.4 Å². The van der Waals surface area contributed by atoms with Crippen molar-refractivity contribution in [3.05, 3.63) is 34.4 Å². The van der Waals surface area contributed by atoms with Gasteiger partial charge in [0.05, 0.1) is 11.1 Å². The molecule has 0 atom stereocenters. The Morgan fingerprint density at radius 2 is 1.10 bits per heavy atom. The highest BCUT2D eigenvalue weighted by Crippen LogP contribution is 2.25. The Kier molecular flexibility index (Phi) is 13.9. The number of aryl methyl sites for hydroxylation is 1. The maximum absolute atomic E-state index is 11.9. The zero-order chi connectivity index (χ0) is 22.2. The summed E-state index contributed by atoms with van der Waals surface area (Å²) in [5, 5.41) is 19.1. The number of benzene rings is 1. The molecule has 1 aromatic rings. The summed E-state index contributed by atoms with van der Waals surface area (Å²) in [6.45, 7) is 4.38. The predicted molar refractivity (Wildman–Crippen MR) is 124 cm³/mol. The third-order valence-corrected chi connectivity index (χ3v) is 5.93. The van der Waals surface area contributed by atoms with Crippen LogP contribution in [0.5, 0.6) is 0 Å². The fourth-order valence-corrected chi connectivity index (χ4v) is 4.16. The molecule has 1 rings (SSSR count). The van der Waals surface area contributed by atoms with Gasteiger partial charge in [-0.05, 0) is 42.9 Å². The van der Waals surface area contributed by atoms with Gasteiger partial charge >= 0.3 is 11.9 Å². The van der Waals surface area contributed by atoms with Crippen LogP contribution in [0.25, 0.3) is 0 Å². The van der Waals surface area contributed by atoms with Gasteiger partial charge in [0.25, 0.3) is 0 Å². The molecule has 0 radical (unpaired) electrons. The lowest BCUT2D eigenvalue weighted by molar-refractivity contribution is 0.0650. The molecule has 0 amide bonds. The number of carbonyl (C=O) groups is 2. The van der Waals surface area contributed by atoms with Crippen LogP contribution < -0.4 is 0 Å². The molecule has 0 fully saturated rings. The normalized spacial score (nSPS) is 11.0. The second-order valence-electron chi connectivity index (χ2n) is 8.48. The van der Waals surface area contributed by atoms with Crippen LogP contribution in [0.1, 0.15) is 136 Å². The molecular formula is C26H42O4. The zero-order valence-corrected chi connectivity index (χ0v) is 19.2. The second-order valence-corrected chi connectivity index (χ2v) is 8.48. The number of rotatable bonds is 18. The Morgan fingerprint density at radius 1 is 0.633 bits per heavy atom. The van der Waals surface area contributed by atoms with Crippen LogP contribution in [0, 0.1) is 0 Å². The van der Waals surface area contributed by atoms with Gasteiger partial charge < -0.3 is 10.2 Å². The molecule has 0 bridgehead atoms. The van der Waals surface area contributed by atoms with E-state index in [9.17, 15) is 19.8 Å². The molecule has 0 spiro atoms. The fourth-order valence-electron chi connectivity index (χ4n) is 4.16. The number of aromatic carboxylic acids is 2. The number of unbranched alkanes of at least 4 members (excludes halogenated alkanes) is 12. The van der Waals surface area contributed by atoms with E-state index in [4.69, 9.17) is 0 Å². The van der Waals surface area contributed by atoms with Gasteiger partial charge in [-0.1, -0.05) is 97.0 Å². The topological polar surface area (TPSA) is 74.6 Å². The monoisotopic (exact) mass is 418 g/mol. The van der Waals surface area contributed by atoms with Crippen LogP contribution >= 0.6 is 0 Å². The molecule has 4 heteroatoms. The molecule has 0 unspecified atom stereocenters. The van der Waals surface area contributed by atoms with E-state index in [0.717, 1.165) is 56.1 Å². The summed E-state index contributed by atoms with van der Waals surface area (Å²) in [4.78, 5) is 23.4. The van der Waals surface area contributed by atoms with E-state index < -0.39 is 11.9 Å². The first-order chi connectivity index (χ1) is 14.5. The summed E-state index contributed by atoms with van der Waals surface area (Å²) in [6.07, 6.45) is 18.3. The van der Waals surface area contributed by atoms with E-state index in [-0.39, 0.29) is 11.1 Å². The van der Waals surface area contributed by atoms with Crippen molar-refractivity contribution in [2.24, 2.45) is 0 Å². The molecule has 0 aliphatic heterocycles. The van der Waals surface area contributed by atoms with Crippen LogP contribution in [0.15, 0.2) is 12.1 Å². The molecule has 2 N–H and O–H groups in total. The Balaban J connectivity index is 2.63. The lowest BCUT2D eigenvalue weighted by Crippen LogP contribution is -2.14. The van der Waals surface area contributed by atoms with Crippen LogP contribution in [0.3, 0.4) is 0 Å². The van der Waals surface area contributed by atoms with Gasteiger partial charge in [0.1, 0.15) is 0 Å². The molecule has 1 aromatic carbocycles. The largest absolute Gasteiger partial charge is 0.478 e. The SMILES string of the molecule is CCCCCCCCCCCCc1ccc(C(=O)O)c(C(=O)O)c1CCCCCC. The summed E-state index contributed by atoms with van der Waals surface area (Å²) in [6, 6.07) is 3.33. The highest BCUT2D eigenvalue weighted by atomic mass is 16.4. The average Bonchev–Trinajstić information content (AvgIpc) is 2.72. The van der Waals surface area contributed by atoms with Gasteiger partial charge in [-0.3, -0.25) is 0 Å². The fraction of sp³-hybridized carbons (Fsp3) is 0.692. The van der Waals surface area contributed by atoms with Crippen molar-refractivity contribution in [2.45, 2.75) is 117 Å². The van der Waals surface area contributed by atoms with Crippen molar-refractivity contribution in [1.82, 2.24) is 0 Å². The number of carboxylic acid groups (broad SMARTS) is 2. The minimum absolute atomic E-state index is 0.00331. The highest BCUT2D eigenvalue weighted by Gasteiger charge is 2.22. The first kappa shape index (κ1) is 26.2. The molecule has 4 nitrogen and oxygen atoms in total. The van der Waals surface area contributed by atoms with E-state index in [0.29, 0.717) is 6.42 Å². The summed E-state index contributed by atoms with van der Waals surface area (Å²) < 4.78 is 0. The zero-order valence-electron chi connectivity index (χ0n) is 19.2. The van der Waals surface area contributed by atoms with E-state index in [2.05, 4.69) is 13.8 Å². The number of carboxylic acids is 2. The van der Waals surface area contributed by atoms with E-state index in [1.54, 1.807) is 0 Å². The van der Waals surface area contributed by atoms with Crippen molar-refractivity contribution in [2.75, 3.05) is 0 Å². The third kappa shape index (κ3) is 9.77. The van der Waals surface area contributed by atoms with Gasteiger partial charge in [0, 0.05) is 0 Å². The quantitative estimate of drug-likeness (QED) is 0.240. The van der Waals surface area contributed by atoms with Crippen molar-refractivity contribution in [3.63, 3.8) is 0 Å². The Morgan fingerprint density at radius 3 is 1.60 bits per heavy atom. The molecule has 30 heavy (non-hydrogen) atoms. The van der Waals surface area contributed by atoms with Gasteiger partial charge in [-0.25, -0.2) is 9.59 Å². The summed E-state index contributed by atoms with van der Waals surface area (Å²) in [7, 11) is 0. The van der Waals surface area contributed by atoms with Crippen molar-refractivity contribution in [3.8, 4) is 0 Å². The number of hydrogen-bond acceptors (Lipinski definition) is 2. The lowest BCUT2D eigenvalue weighted by atomic mass is 9.89. The average molecular weight is 419 g/mol. The molecule has 0 heterocycles. The van der Waals surface area contributed by atoms with E-state index in [1.807, 2.05) is 6.07 Å². The highest BCUT2D eigenvalue weighted by molar-refractivity contribution is 6.03. The Labute approximate surface area is 183 Å². The van der Waals surface area contributed by atoms with Crippen LogP contribution in [-0.2, 0) is 12.8 Å². The first-order valence-electron chi connectivity index (χ1n) is 12.1. The molecule has 0 saturated heterocycles. The van der Waals surface area contributed by atoms with E-state index >= 15 is 0 Å². The first-order valence-corrected chi connectivity index (χ1v) is 12.1. The summed E-state index contributed by atoms with van der Waals surface area (Å²) in [5.74, 6) is -2.28. The van der Waals surface area contributed by atoms with Gasteiger partial charge in [0.15, 0.2) is 0 Å².